The minimum atomic E-state index is 0. The largest absolute Gasteiger partial charge is 0.412 e. The van der Waals surface area contributed by atoms with Crippen molar-refractivity contribution in [2.75, 3.05) is 13.1 Å². The van der Waals surface area contributed by atoms with Crippen LogP contribution in [0.2, 0.25) is 0 Å². The first-order valence-corrected chi connectivity index (χ1v) is 12.0. The number of benzene rings is 1. The molecule has 6 heteroatoms. The van der Waals surface area contributed by atoms with Gasteiger partial charge >= 0.3 is 0 Å². The molecule has 1 aliphatic carbocycles. The molecule has 0 bridgehead atoms. The SMILES string of the molecule is Cc1cc(C)c2c(c1)CCc1cccnc1C2C1CCN(C(=O)Cc2cc[n+](O)cc2)CC1.O. The Bertz CT molecular complexity index is 1170. The number of aromatic nitrogens is 2. The van der Waals surface area contributed by atoms with Crippen LogP contribution in [0, 0.1) is 19.8 Å². The van der Waals surface area contributed by atoms with Crippen molar-refractivity contribution in [3.8, 4) is 0 Å². The topological polar surface area (TPSA) is 88.8 Å². The summed E-state index contributed by atoms with van der Waals surface area (Å²) in [6.45, 7) is 6.02. The number of piperidine rings is 1. The maximum Gasteiger partial charge on any atom is 0.226 e. The van der Waals surface area contributed by atoms with Crippen molar-refractivity contribution in [1.82, 2.24) is 9.88 Å². The lowest BCUT2D eigenvalue weighted by Crippen LogP contribution is -2.41. The maximum absolute atomic E-state index is 12.9. The van der Waals surface area contributed by atoms with E-state index in [0.717, 1.165) is 49.1 Å². The second kappa shape index (κ2) is 9.94. The monoisotopic (exact) mass is 460 g/mol. The fraction of sp³-hybridized carbons (Fsp3) is 0.393. The summed E-state index contributed by atoms with van der Waals surface area (Å²) >= 11 is 0. The predicted octanol–water partition coefficient (Wildman–Crippen LogP) is 3.11. The van der Waals surface area contributed by atoms with Crippen molar-refractivity contribution in [3.63, 3.8) is 0 Å². The number of aryl methyl sites for hydroxylation is 4. The molecule has 1 fully saturated rings. The minimum absolute atomic E-state index is 0. The van der Waals surface area contributed by atoms with Gasteiger partial charge < -0.3 is 10.4 Å². The Morgan fingerprint density at radius 3 is 2.53 bits per heavy atom. The fourth-order valence-corrected chi connectivity index (χ4v) is 5.86. The molecule has 5 rings (SSSR count). The second-order valence-corrected chi connectivity index (χ2v) is 9.66. The van der Waals surface area contributed by atoms with Crippen LogP contribution in [-0.2, 0) is 24.1 Å². The molecule has 2 aromatic heterocycles. The number of nitrogens with zero attached hydrogens (tertiary/aromatic N) is 3. The Morgan fingerprint density at radius 2 is 1.79 bits per heavy atom. The third-order valence-electron chi connectivity index (χ3n) is 7.41. The van der Waals surface area contributed by atoms with E-state index in [0.29, 0.717) is 18.3 Å². The predicted molar refractivity (Wildman–Crippen MR) is 130 cm³/mol. The van der Waals surface area contributed by atoms with E-state index in [1.54, 1.807) is 24.5 Å². The molecule has 1 unspecified atom stereocenters. The zero-order valence-electron chi connectivity index (χ0n) is 20.0. The average molecular weight is 461 g/mol. The molecule has 34 heavy (non-hydrogen) atoms. The highest BCUT2D eigenvalue weighted by Crippen LogP contribution is 2.43. The Labute approximate surface area is 201 Å². The third-order valence-corrected chi connectivity index (χ3v) is 7.41. The molecule has 178 valence electrons. The van der Waals surface area contributed by atoms with Crippen molar-refractivity contribution in [2.45, 2.75) is 51.9 Å². The molecule has 0 saturated carbocycles. The molecule has 3 heterocycles. The van der Waals surface area contributed by atoms with Gasteiger partial charge in [-0.05, 0) is 79.3 Å². The molecule has 0 spiro atoms. The van der Waals surface area contributed by atoms with Crippen molar-refractivity contribution >= 4 is 5.91 Å². The van der Waals surface area contributed by atoms with E-state index < -0.39 is 0 Å². The number of carbonyl (C=O) groups is 1. The third kappa shape index (κ3) is 4.68. The molecule has 1 atom stereocenters. The van der Waals surface area contributed by atoms with E-state index in [-0.39, 0.29) is 11.4 Å². The van der Waals surface area contributed by atoms with Gasteiger partial charge in [0.25, 0.3) is 0 Å². The van der Waals surface area contributed by atoms with Crippen LogP contribution in [0.5, 0.6) is 0 Å². The number of hydrogen-bond acceptors (Lipinski definition) is 3. The van der Waals surface area contributed by atoms with Crippen molar-refractivity contribution in [2.24, 2.45) is 5.92 Å². The van der Waals surface area contributed by atoms with E-state index in [2.05, 4.69) is 38.1 Å². The summed E-state index contributed by atoms with van der Waals surface area (Å²) in [5.41, 5.74) is 9.20. The standard InChI is InChI=1S/C28H32N3O2.H2O/c1-19-16-20(2)26-24(17-19)6-5-23-4-3-11-29-28(23)27(26)22-9-12-30(13-10-22)25(32)18-21-7-14-31(33)15-8-21;/h3-4,7-8,11,14-17,22,27,33H,5-6,9-10,12-13,18H2,1-2H3;1H2/q+1;. The van der Waals surface area contributed by atoms with Crippen LogP contribution in [0.3, 0.4) is 0 Å². The van der Waals surface area contributed by atoms with E-state index >= 15 is 0 Å². The number of rotatable bonds is 3. The van der Waals surface area contributed by atoms with E-state index in [1.807, 2.05) is 11.1 Å². The Hall–Kier alpha value is -3.25. The first-order valence-electron chi connectivity index (χ1n) is 12.0. The summed E-state index contributed by atoms with van der Waals surface area (Å²) in [5.74, 6) is 0.937. The van der Waals surface area contributed by atoms with Gasteiger partial charge in [0.2, 0.25) is 18.3 Å². The average Bonchev–Trinajstić information content (AvgIpc) is 2.98. The van der Waals surface area contributed by atoms with Gasteiger partial charge in [0.1, 0.15) is 0 Å². The van der Waals surface area contributed by atoms with Crippen molar-refractivity contribution in [3.05, 3.63) is 94.1 Å². The van der Waals surface area contributed by atoms with Gasteiger partial charge in [0.05, 0.1) is 12.1 Å². The second-order valence-electron chi connectivity index (χ2n) is 9.66. The smallest absolute Gasteiger partial charge is 0.226 e. The summed E-state index contributed by atoms with van der Waals surface area (Å²) in [5, 5.41) is 9.40. The summed E-state index contributed by atoms with van der Waals surface area (Å²) in [6.07, 6.45) is 9.53. The van der Waals surface area contributed by atoms with Crippen LogP contribution in [0.4, 0.5) is 0 Å². The number of hydrogen-bond donors (Lipinski definition) is 1. The zero-order chi connectivity index (χ0) is 22.9. The summed E-state index contributed by atoms with van der Waals surface area (Å²) in [7, 11) is 0. The Morgan fingerprint density at radius 1 is 1.09 bits per heavy atom. The lowest BCUT2D eigenvalue weighted by atomic mass is 9.75. The molecule has 1 aliphatic heterocycles. The number of fused-ring (bicyclic) bond motifs is 2. The molecule has 1 aromatic carbocycles. The van der Waals surface area contributed by atoms with Gasteiger partial charge in [-0.25, -0.2) is 0 Å². The van der Waals surface area contributed by atoms with Gasteiger partial charge in [0, 0.05) is 42.1 Å². The first-order chi connectivity index (χ1) is 16.0. The lowest BCUT2D eigenvalue weighted by Gasteiger charge is -2.37. The van der Waals surface area contributed by atoms with Gasteiger partial charge in [-0.15, -0.1) is 0 Å². The Balaban J connectivity index is 0.00000274. The highest BCUT2D eigenvalue weighted by molar-refractivity contribution is 5.78. The van der Waals surface area contributed by atoms with Crippen molar-refractivity contribution < 1.29 is 20.2 Å². The first kappa shape index (κ1) is 23.9. The van der Waals surface area contributed by atoms with E-state index in [4.69, 9.17) is 4.98 Å². The minimum Gasteiger partial charge on any atom is -0.412 e. The molecule has 3 aromatic rings. The van der Waals surface area contributed by atoms with Gasteiger partial charge in [-0.3, -0.25) is 15.0 Å². The fourth-order valence-electron chi connectivity index (χ4n) is 5.86. The summed E-state index contributed by atoms with van der Waals surface area (Å²) in [6, 6.07) is 12.6. The Kier molecular flexibility index (Phi) is 6.98. The lowest BCUT2D eigenvalue weighted by molar-refractivity contribution is -0.904. The molecule has 1 amide bonds. The zero-order valence-corrected chi connectivity index (χ0v) is 20.0. The molecule has 2 aliphatic rings. The van der Waals surface area contributed by atoms with Crippen LogP contribution in [0.1, 0.15) is 57.8 Å². The number of likely N-dealkylation sites (tertiary alicyclic amines) is 1. The van der Waals surface area contributed by atoms with Crippen LogP contribution < -0.4 is 4.73 Å². The molecule has 0 radical (unpaired) electrons. The van der Waals surface area contributed by atoms with Crippen LogP contribution in [-0.4, -0.2) is 39.6 Å². The number of carbonyl (C=O) groups excluding carboxylic acids is 1. The van der Waals surface area contributed by atoms with Crippen LogP contribution >= 0.6 is 0 Å². The molecule has 1 saturated heterocycles. The van der Waals surface area contributed by atoms with Crippen LogP contribution in [0.15, 0.2) is 55.0 Å². The highest BCUT2D eigenvalue weighted by atomic mass is 16.5. The highest BCUT2D eigenvalue weighted by Gasteiger charge is 2.35. The van der Waals surface area contributed by atoms with Gasteiger partial charge in [-0.1, -0.05) is 23.8 Å². The molecule has 6 nitrogen and oxygen atoms in total. The van der Waals surface area contributed by atoms with Crippen molar-refractivity contribution in [1.29, 1.82) is 0 Å². The summed E-state index contributed by atoms with van der Waals surface area (Å²) < 4.78 is 0.999. The number of amides is 1. The molecular weight excluding hydrogens is 426 g/mol. The molecule has 3 N–H and O–H groups in total. The van der Waals surface area contributed by atoms with E-state index in [1.165, 1.54) is 33.5 Å². The van der Waals surface area contributed by atoms with Gasteiger partial charge in [-0.2, -0.15) is 0 Å². The molecular formula is C28H34N3O3+. The van der Waals surface area contributed by atoms with E-state index in [9.17, 15) is 10.0 Å². The van der Waals surface area contributed by atoms with Gasteiger partial charge in [0.15, 0.2) is 0 Å². The summed E-state index contributed by atoms with van der Waals surface area (Å²) in [4.78, 5) is 19.8. The number of pyridine rings is 2. The maximum atomic E-state index is 12.9. The normalized spacial score (nSPS) is 17.8. The quantitative estimate of drug-likeness (QED) is 0.481. The van der Waals surface area contributed by atoms with Crippen LogP contribution in [0.25, 0.3) is 0 Å².